The first-order valence-corrected chi connectivity index (χ1v) is 7.28. The smallest absolute Gasteiger partial charge is 0.223 e. The molecule has 4 heteroatoms. The second kappa shape index (κ2) is 8.14. The number of benzene rings is 1. The average molecular weight is 314 g/mol. The zero-order chi connectivity index (χ0) is 13.4. The van der Waals surface area contributed by atoms with Gasteiger partial charge >= 0.3 is 0 Å². The van der Waals surface area contributed by atoms with E-state index in [1.807, 2.05) is 37.3 Å². The molecule has 0 saturated carbocycles. The zero-order valence-electron chi connectivity index (χ0n) is 10.9. The average Bonchev–Trinajstić information content (AvgIpc) is 2.38. The molecule has 0 radical (unpaired) electrons. The minimum absolute atomic E-state index is 0.0335. The number of nitrogens with one attached hydrogen (secondary N) is 1. The highest BCUT2D eigenvalue weighted by atomic mass is 79.9. The lowest BCUT2D eigenvalue weighted by Crippen LogP contribution is -2.38. The monoisotopic (exact) mass is 313 g/mol. The minimum atomic E-state index is 0.0335. The van der Waals surface area contributed by atoms with E-state index >= 15 is 0 Å². The van der Waals surface area contributed by atoms with Gasteiger partial charge in [0, 0.05) is 11.4 Å². The molecule has 2 unspecified atom stereocenters. The van der Waals surface area contributed by atoms with Gasteiger partial charge in [-0.25, -0.2) is 0 Å². The fourth-order valence-corrected chi connectivity index (χ4v) is 1.94. The first-order valence-electron chi connectivity index (χ1n) is 6.16. The lowest BCUT2D eigenvalue weighted by molar-refractivity contribution is -0.122. The van der Waals surface area contributed by atoms with E-state index in [4.69, 9.17) is 4.74 Å². The highest BCUT2D eigenvalue weighted by Gasteiger charge is 2.13. The van der Waals surface area contributed by atoms with Gasteiger partial charge in [0.2, 0.25) is 5.91 Å². The van der Waals surface area contributed by atoms with Crippen molar-refractivity contribution in [1.29, 1.82) is 0 Å². The van der Waals surface area contributed by atoms with Crippen LogP contribution in [0.4, 0.5) is 0 Å². The number of ether oxygens (including phenoxy) is 1. The first kappa shape index (κ1) is 15.0. The maximum atomic E-state index is 11.7. The maximum absolute atomic E-state index is 11.7. The Kier molecular flexibility index (Phi) is 6.80. The second-order valence-electron chi connectivity index (χ2n) is 4.40. The molecule has 0 aromatic heterocycles. The van der Waals surface area contributed by atoms with Crippen LogP contribution in [0.2, 0.25) is 0 Å². The van der Waals surface area contributed by atoms with Gasteiger partial charge in [-0.1, -0.05) is 41.1 Å². The van der Waals surface area contributed by atoms with E-state index in [2.05, 4.69) is 28.2 Å². The fraction of sp³-hybridized carbons (Fsp3) is 0.500. The summed E-state index contributed by atoms with van der Waals surface area (Å²) in [6, 6.07) is 9.70. The summed E-state index contributed by atoms with van der Waals surface area (Å²) in [4.78, 5) is 11.7. The third-order valence-electron chi connectivity index (χ3n) is 2.83. The molecule has 0 aliphatic carbocycles. The summed E-state index contributed by atoms with van der Waals surface area (Å²) in [5.74, 6) is 1.25. The summed E-state index contributed by atoms with van der Waals surface area (Å²) < 4.78 is 5.47. The highest BCUT2D eigenvalue weighted by molar-refractivity contribution is 9.09. The molecule has 3 nitrogen and oxygen atoms in total. The number of alkyl halides is 1. The SMILES string of the molecule is CC(CBr)C(C)NC(=O)CCOc1ccccc1. The highest BCUT2D eigenvalue weighted by Crippen LogP contribution is 2.09. The third-order valence-corrected chi connectivity index (χ3v) is 3.85. The predicted molar refractivity (Wildman–Crippen MR) is 77.1 cm³/mol. The summed E-state index contributed by atoms with van der Waals surface area (Å²) in [7, 11) is 0. The number of amides is 1. The molecule has 0 saturated heterocycles. The molecule has 1 rings (SSSR count). The van der Waals surface area contributed by atoms with Gasteiger partial charge in [0.25, 0.3) is 0 Å². The Hall–Kier alpha value is -1.03. The van der Waals surface area contributed by atoms with Crippen LogP contribution in [0.15, 0.2) is 30.3 Å². The number of hydrogen-bond acceptors (Lipinski definition) is 2. The zero-order valence-corrected chi connectivity index (χ0v) is 12.4. The van der Waals surface area contributed by atoms with Crippen molar-refractivity contribution >= 4 is 21.8 Å². The molecular formula is C14H20BrNO2. The summed E-state index contributed by atoms with van der Waals surface area (Å²) >= 11 is 3.41. The van der Waals surface area contributed by atoms with Gasteiger partial charge in [0.1, 0.15) is 5.75 Å². The van der Waals surface area contributed by atoms with Crippen molar-refractivity contribution in [2.75, 3.05) is 11.9 Å². The molecule has 0 bridgehead atoms. The molecule has 100 valence electrons. The largest absolute Gasteiger partial charge is 0.493 e. The van der Waals surface area contributed by atoms with E-state index in [9.17, 15) is 4.79 Å². The number of carbonyl (C=O) groups excluding carboxylic acids is 1. The number of hydrogen-bond donors (Lipinski definition) is 1. The van der Waals surface area contributed by atoms with Crippen LogP contribution < -0.4 is 10.1 Å². The van der Waals surface area contributed by atoms with Crippen LogP contribution in [0.3, 0.4) is 0 Å². The van der Waals surface area contributed by atoms with Crippen molar-refractivity contribution in [3.63, 3.8) is 0 Å². The van der Waals surface area contributed by atoms with E-state index in [0.717, 1.165) is 11.1 Å². The van der Waals surface area contributed by atoms with Gasteiger partial charge in [-0.3, -0.25) is 4.79 Å². The molecule has 1 aromatic carbocycles. The van der Waals surface area contributed by atoms with E-state index in [1.165, 1.54) is 0 Å². The first-order chi connectivity index (χ1) is 8.63. The molecule has 0 aliphatic heterocycles. The number of halogens is 1. The van der Waals surface area contributed by atoms with Crippen LogP contribution in [0.25, 0.3) is 0 Å². The Morgan fingerprint density at radius 2 is 2.00 bits per heavy atom. The molecular weight excluding hydrogens is 294 g/mol. The van der Waals surface area contributed by atoms with Gasteiger partial charge in [-0.15, -0.1) is 0 Å². The van der Waals surface area contributed by atoms with Crippen LogP contribution in [0.5, 0.6) is 5.75 Å². The Bertz CT molecular complexity index is 356. The Balaban J connectivity index is 2.21. The van der Waals surface area contributed by atoms with Crippen molar-refractivity contribution < 1.29 is 9.53 Å². The lowest BCUT2D eigenvalue weighted by atomic mass is 10.1. The van der Waals surface area contributed by atoms with Gasteiger partial charge < -0.3 is 10.1 Å². The van der Waals surface area contributed by atoms with Crippen molar-refractivity contribution in [3.05, 3.63) is 30.3 Å². The normalized spacial score (nSPS) is 13.7. The van der Waals surface area contributed by atoms with Crippen molar-refractivity contribution in [3.8, 4) is 5.75 Å². The summed E-state index contributed by atoms with van der Waals surface area (Å²) in [5, 5.41) is 3.85. The topological polar surface area (TPSA) is 38.3 Å². The van der Waals surface area contributed by atoms with Crippen LogP contribution in [-0.4, -0.2) is 23.9 Å². The second-order valence-corrected chi connectivity index (χ2v) is 5.05. The molecule has 0 aliphatic rings. The number of rotatable bonds is 7. The van der Waals surface area contributed by atoms with Crippen molar-refractivity contribution in [2.45, 2.75) is 26.3 Å². The van der Waals surface area contributed by atoms with E-state index < -0.39 is 0 Å². The Labute approximate surface area is 117 Å². The number of para-hydroxylation sites is 1. The lowest BCUT2D eigenvalue weighted by Gasteiger charge is -2.19. The van der Waals surface area contributed by atoms with Gasteiger partial charge in [0.05, 0.1) is 13.0 Å². The molecule has 1 amide bonds. The molecule has 1 aromatic rings. The van der Waals surface area contributed by atoms with E-state index in [-0.39, 0.29) is 11.9 Å². The van der Waals surface area contributed by atoms with Crippen molar-refractivity contribution in [2.24, 2.45) is 5.92 Å². The van der Waals surface area contributed by atoms with Crippen molar-refractivity contribution in [1.82, 2.24) is 5.32 Å². The number of carbonyl (C=O) groups is 1. The standard InChI is InChI=1S/C14H20BrNO2/c1-11(10-15)12(2)16-14(17)8-9-18-13-6-4-3-5-7-13/h3-7,11-12H,8-10H2,1-2H3,(H,16,17). The van der Waals surface area contributed by atoms with Gasteiger partial charge in [-0.05, 0) is 25.0 Å². The molecule has 18 heavy (non-hydrogen) atoms. The minimum Gasteiger partial charge on any atom is -0.493 e. The summed E-state index contributed by atoms with van der Waals surface area (Å²) in [6.45, 7) is 4.52. The van der Waals surface area contributed by atoms with Gasteiger partial charge in [0.15, 0.2) is 0 Å². The third kappa shape index (κ3) is 5.54. The van der Waals surface area contributed by atoms with Crippen LogP contribution in [0, 0.1) is 5.92 Å². The predicted octanol–water partition coefficient (Wildman–Crippen LogP) is 2.99. The molecule has 1 N–H and O–H groups in total. The van der Waals surface area contributed by atoms with Gasteiger partial charge in [-0.2, -0.15) is 0 Å². The molecule has 0 fully saturated rings. The van der Waals surface area contributed by atoms with Crippen LogP contribution in [-0.2, 0) is 4.79 Å². The van der Waals surface area contributed by atoms with E-state index in [0.29, 0.717) is 18.9 Å². The summed E-state index contributed by atoms with van der Waals surface area (Å²) in [5.41, 5.74) is 0. The molecule has 0 heterocycles. The van der Waals surface area contributed by atoms with Crippen LogP contribution in [0.1, 0.15) is 20.3 Å². The quantitative estimate of drug-likeness (QED) is 0.786. The summed E-state index contributed by atoms with van der Waals surface area (Å²) in [6.07, 6.45) is 0.383. The molecule has 0 spiro atoms. The Morgan fingerprint density at radius 1 is 1.33 bits per heavy atom. The van der Waals surface area contributed by atoms with Crippen LogP contribution >= 0.6 is 15.9 Å². The maximum Gasteiger partial charge on any atom is 0.223 e. The molecule has 2 atom stereocenters. The fourth-order valence-electron chi connectivity index (χ4n) is 1.38. The van der Waals surface area contributed by atoms with E-state index in [1.54, 1.807) is 0 Å². The Morgan fingerprint density at radius 3 is 2.61 bits per heavy atom.